The van der Waals surface area contributed by atoms with E-state index in [1.807, 2.05) is 7.05 Å². The number of hydrogen-bond donors (Lipinski definition) is 2. The molecule has 3 rings (SSSR count). The molecule has 7 heteroatoms. The lowest BCUT2D eigenvalue weighted by atomic mass is 10.1. The van der Waals surface area contributed by atoms with Crippen LogP contribution in [0.25, 0.3) is 0 Å². The van der Waals surface area contributed by atoms with Gasteiger partial charge in [-0.2, -0.15) is 0 Å². The molecule has 2 heterocycles. The van der Waals surface area contributed by atoms with Crippen LogP contribution in [0, 0.1) is 5.92 Å². The molecule has 7 nitrogen and oxygen atoms in total. The number of hydrogen-bond acceptors (Lipinski definition) is 5. The van der Waals surface area contributed by atoms with E-state index >= 15 is 0 Å². The minimum absolute atomic E-state index is 0.0762. The summed E-state index contributed by atoms with van der Waals surface area (Å²) in [6.45, 7) is 3.60. The van der Waals surface area contributed by atoms with Gasteiger partial charge in [0, 0.05) is 37.7 Å². The van der Waals surface area contributed by atoms with Gasteiger partial charge in [-0.05, 0) is 19.9 Å². The molecule has 22 heavy (non-hydrogen) atoms. The van der Waals surface area contributed by atoms with Crippen LogP contribution in [0.4, 0.5) is 0 Å². The zero-order chi connectivity index (χ0) is 15.5. The molecule has 1 amide bonds. The maximum absolute atomic E-state index is 12.1. The maximum Gasteiger partial charge on any atom is 0.263 e. The van der Waals surface area contributed by atoms with Crippen molar-refractivity contribution in [2.75, 3.05) is 39.9 Å². The van der Waals surface area contributed by atoms with Crippen molar-refractivity contribution in [2.45, 2.75) is 18.8 Å². The highest BCUT2D eigenvalue weighted by Gasteiger charge is 2.27. The molecule has 1 aromatic heterocycles. The van der Waals surface area contributed by atoms with Gasteiger partial charge in [0.05, 0.1) is 13.2 Å². The smallest absolute Gasteiger partial charge is 0.263 e. The summed E-state index contributed by atoms with van der Waals surface area (Å²) < 4.78 is 5.52. The number of ether oxygens (including phenoxy) is 1. The van der Waals surface area contributed by atoms with Crippen LogP contribution in [0.2, 0.25) is 0 Å². The van der Waals surface area contributed by atoms with E-state index in [4.69, 9.17) is 4.74 Å². The molecule has 2 fully saturated rings. The average Bonchev–Trinajstić information content (AvgIpc) is 3.32. The van der Waals surface area contributed by atoms with Gasteiger partial charge in [0.25, 0.3) is 11.5 Å². The highest BCUT2D eigenvalue weighted by atomic mass is 16.5. The second-order valence-corrected chi connectivity index (χ2v) is 6.20. The minimum Gasteiger partial charge on any atom is -0.380 e. The van der Waals surface area contributed by atoms with E-state index in [9.17, 15) is 9.59 Å². The Morgan fingerprint density at radius 1 is 1.55 bits per heavy atom. The Kier molecular flexibility index (Phi) is 4.54. The third-order valence-corrected chi connectivity index (χ3v) is 4.12. The fraction of sp³-hybridized carbons (Fsp3) is 0.667. The molecular formula is C15H22N4O3. The summed E-state index contributed by atoms with van der Waals surface area (Å²) in [4.78, 5) is 33.2. The highest BCUT2D eigenvalue weighted by Crippen LogP contribution is 2.37. The lowest BCUT2D eigenvalue weighted by molar-refractivity contribution is 0.0919. The Balaban J connectivity index is 1.58. The highest BCUT2D eigenvalue weighted by molar-refractivity contribution is 5.93. The zero-order valence-electron chi connectivity index (χ0n) is 12.8. The number of H-pyrrole nitrogens is 1. The minimum atomic E-state index is -0.372. The lowest BCUT2D eigenvalue weighted by Crippen LogP contribution is -2.37. The van der Waals surface area contributed by atoms with Crippen LogP contribution in [0.3, 0.4) is 0 Å². The molecule has 0 spiro atoms. The molecule has 120 valence electrons. The molecule has 2 aliphatic rings. The standard InChI is InChI=1S/C15H22N4O3/c1-19-4-5-22-9-10(8-19)6-17-14(20)12-7-16-13(11-2-3-11)18-15(12)21/h7,10-11H,2-6,8-9H2,1H3,(H,17,20)(H,16,18,21)/t10-/m0/s1. The third kappa shape index (κ3) is 3.72. The molecule has 0 bridgehead atoms. The van der Waals surface area contributed by atoms with Crippen LogP contribution in [-0.4, -0.2) is 60.7 Å². The quantitative estimate of drug-likeness (QED) is 0.815. The maximum atomic E-state index is 12.1. The van der Waals surface area contributed by atoms with Crippen molar-refractivity contribution in [2.24, 2.45) is 5.92 Å². The van der Waals surface area contributed by atoms with Gasteiger partial charge in [0.2, 0.25) is 0 Å². The van der Waals surface area contributed by atoms with Gasteiger partial charge < -0.3 is 19.9 Å². The number of aromatic nitrogens is 2. The summed E-state index contributed by atoms with van der Waals surface area (Å²) >= 11 is 0. The largest absolute Gasteiger partial charge is 0.380 e. The fourth-order valence-corrected chi connectivity index (χ4v) is 2.65. The summed E-state index contributed by atoms with van der Waals surface area (Å²) in [6, 6.07) is 0. The summed E-state index contributed by atoms with van der Waals surface area (Å²) in [5.41, 5.74) is -0.282. The van der Waals surface area contributed by atoms with E-state index in [1.54, 1.807) is 0 Å². The lowest BCUT2D eigenvalue weighted by Gasteiger charge is -2.19. The molecule has 1 saturated heterocycles. The first-order chi connectivity index (χ1) is 10.6. The van der Waals surface area contributed by atoms with Crippen LogP contribution >= 0.6 is 0 Å². The van der Waals surface area contributed by atoms with Crippen molar-refractivity contribution < 1.29 is 9.53 Å². The second-order valence-electron chi connectivity index (χ2n) is 6.20. The number of carbonyl (C=O) groups excluding carboxylic acids is 1. The van der Waals surface area contributed by atoms with Crippen molar-refractivity contribution in [1.82, 2.24) is 20.2 Å². The van der Waals surface area contributed by atoms with Crippen molar-refractivity contribution >= 4 is 5.91 Å². The summed E-state index contributed by atoms with van der Waals surface area (Å²) in [6.07, 6.45) is 3.50. The van der Waals surface area contributed by atoms with Crippen molar-refractivity contribution in [3.8, 4) is 0 Å². The van der Waals surface area contributed by atoms with Gasteiger partial charge in [-0.25, -0.2) is 4.98 Å². The molecule has 0 unspecified atom stereocenters. The molecule has 1 aliphatic heterocycles. The van der Waals surface area contributed by atoms with Gasteiger partial charge in [0.1, 0.15) is 11.4 Å². The van der Waals surface area contributed by atoms with Gasteiger partial charge in [-0.3, -0.25) is 9.59 Å². The van der Waals surface area contributed by atoms with E-state index in [-0.39, 0.29) is 22.9 Å². The van der Waals surface area contributed by atoms with Crippen molar-refractivity contribution in [1.29, 1.82) is 0 Å². The number of rotatable bonds is 4. The Morgan fingerprint density at radius 2 is 2.36 bits per heavy atom. The summed E-state index contributed by atoms with van der Waals surface area (Å²) in [7, 11) is 2.04. The zero-order valence-corrected chi connectivity index (χ0v) is 12.8. The van der Waals surface area contributed by atoms with E-state index in [2.05, 4.69) is 20.2 Å². The monoisotopic (exact) mass is 306 g/mol. The molecule has 1 saturated carbocycles. The number of aromatic amines is 1. The van der Waals surface area contributed by atoms with Crippen molar-refractivity contribution in [3.63, 3.8) is 0 Å². The Hall–Kier alpha value is -1.73. The SMILES string of the molecule is CN1CCOC[C@@H](CNC(=O)c2cnc(C3CC3)[nH]c2=O)C1. The first kappa shape index (κ1) is 15.2. The molecular weight excluding hydrogens is 284 g/mol. The number of carbonyl (C=O) groups is 1. The average molecular weight is 306 g/mol. The van der Waals surface area contributed by atoms with Gasteiger partial charge in [0.15, 0.2) is 0 Å². The van der Waals surface area contributed by atoms with E-state index < -0.39 is 0 Å². The first-order valence-electron chi connectivity index (χ1n) is 7.77. The molecule has 1 atom stereocenters. The number of likely N-dealkylation sites (N-methyl/N-ethyl adjacent to an activating group) is 1. The van der Waals surface area contributed by atoms with Crippen LogP contribution < -0.4 is 10.9 Å². The first-order valence-corrected chi connectivity index (χ1v) is 7.77. The fourth-order valence-electron chi connectivity index (χ4n) is 2.65. The summed E-state index contributed by atoms with van der Waals surface area (Å²) in [5, 5.41) is 2.82. The Labute approximate surface area is 129 Å². The van der Waals surface area contributed by atoms with Crippen LogP contribution in [0.5, 0.6) is 0 Å². The molecule has 0 aromatic carbocycles. The van der Waals surface area contributed by atoms with E-state index in [0.29, 0.717) is 31.5 Å². The Morgan fingerprint density at radius 3 is 3.09 bits per heavy atom. The molecule has 1 aliphatic carbocycles. The number of nitrogens with zero attached hydrogens (tertiary/aromatic N) is 2. The van der Waals surface area contributed by atoms with Gasteiger partial charge in [-0.1, -0.05) is 0 Å². The summed E-state index contributed by atoms with van der Waals surface area (Å²) in [5.74, 6) is 0.918. The predicted molar refractivity (Wildman–Crippen MR) is 81.0 cm³/mol. The number of amides is 1. The van der Waals surface area contributed by atoms with E-state index in [0.717, 1.165) is 25.9 Å². The number of nitrogens with one attached hydrogen (secondary N) is 2. The predicted octanol–water partition coefficient (Wildman–Crippen LogP) is -0.0447. The molecule has 1 aromatic rings. The van der Waals surface area contributed by atoms with Crippen LogP contribution in [0.15, 0.2) is 11.0 Å². The van der Waals surface area contributed by atoms with Crippen LogP contribution in [-0.2, 0) is 4.74 Å². The van der Waals surface area contributed by atoms with Crippen LogP contribution in [0.1, 0.15) is 34.9 Å². The topological polar surface area (TPSA) is 87.3 Å². The van der Waals surface area contributed by atoms with Crippen molar-refractivity contribution in [3.05, 3.63) is 27.9 Å². The third-order valence-electron chi connectivity index (χ3n) is 4.12. The normalized spacial score (nSPS) is 23.0. The van der Waals surface area contributed by atoms with Gasteiger partial charge in [-0.15, -0.1) is 0 Å². The Bertz CT molecular complexity index is 597. The molecule has 2 N–H and O–H groups in total. The van der Waals surface area contributed by atoms with Gasteiger partial charge >= 0.3 is 0 Å². The van der Waals surface area contributed by atoms with E-state index in [1.165, 1.54) is 6.20 Å². The second kappa shape index (κ2) is 6.58. The molecule has 0 radical (unpaired) electrons.